The Balaban J connectivity index is 1.68. The molecule has 0 aromatic carbocycles. The zero-order chi connectivity index (χ0) is 18.4. The number of nitrogens with zero attached hydrogens (tertiary/aromatic N) is 2. The van der Waals surface area contributed by atoms with E-state index >= 15 is 0 Å². The minimum atomic E-state index is 0.0598. The van der Waals surface area contributed by atoms with Gasteiger partial charge in [0, 0.05) is 49.4 Å². The highest BCUT2D eigenvalue weighted by Gasteiger charge is 2.42. The standard InChI is InChI=1S/C22H31N3O/c1-3-4-5-6-7-10-20-12-11-19(21(26)23-20)17-25-16-15-24(2)18-22(25)13-8-9-14-22/h3-7,11-12H,1,8-10,13-18H2,2H3,(H,23,26)/b5-4-,7-6-. The van der Waals surface area contributed by atoms with Crippen LogP contribution in [-0.4, -0.2) is 47.0 Å². The van der Waals surface area contributed by atoms with E-state index in [4.69, 9.17) is 0 Å². The van der Waals surface area contributed by atoms with E-state index < -0.39 is 0 Å². The van der Waals surface area contributed by atoms with Crippen molar-refractivity contribution in [2.75, 3.05) is 26.7 Å². The van der Waals surface area contributed by atoms with Crippen LogP contribution < -0.4 is 5.56 Å². The van der Waals surface area contributed by atoms with Gasteiger partial charge >= 0.3 is 0 Å². The van der Waals surface area contributed by atoms with Gasteiger partial charge in [-0.3, -0.25) is 9.69 Å². The summed E-state index contributed by atoms with van der Waals surface area (Å²) in [6, 6.07) is 4.07. The predicted molar refractivity (Wildman–Crippen MR) is 108 cm³/mol. The number of rotatable bonds is 6. The van der Waals surface area contributed by atoms with Gasteiger partial charge < -0.3 is 9.88 Å². The summed E-state index contributed by atoms with van der Waals surface area (Å²) in [5.74, 6) is 0. The highest BCUT2D eigenvalue weighted by Crippen LogP contribution is 2.38. The van der Waals surface area contributed by atoms with Crippen molar-refractivity contribution in [2.24, 2.45) is 0 Å². The first-order valence-electron chi connectivity index (χ1n) is 9.72. The fourth-order valence-electron chi connectivity index (χ4n) is 4.37. The number of hydrogen-bond donors (Lipinski definition) is 1. The van der Waals surface area contributed by atoms with Crippen molar-refractivity contribution in [3.8, 4) is 0 Å². The van der Waals surface area contributed by atoms with Crippen molar-refractivity contribution in [1.82, 2.24) is 14.8 Å². The Morgan fingerprint density at radius 2 is 2.00 bits per heavy atom. The molecule has 1 aliphatic carbocycles. The van der Waals surface area contributed by atoms with E-state index in [0.29, 0.717) is 0 Å². The predicted octanol–water partition coefficient (Wildman–Crippen LogP) is 3.28. The van der Waals surface area contributed by atoms with E-state index in [1.807, 2.05) is 30.4 Å². The molecular weight excluding hydrogens is 322 g/mol. The molecule has 1 saturated carbocycles. The third-order valence-electron chi connectivity index (χ3n) is 5.77. The molecule has 1 saturated heterocycles. The van der Waals surface area contributed by atoms with Gasteiger partial charge in [-0.05, 0) is 26.0 Å². The fraction of sp³-hybridized carbons (Fsp3) is 0.500. The SMILES string of the molecule is C=C/C=C\C=C/Cc1ccc(CN2CCN(C)CC23CCCC3)c(=O)[nH]1. The highest BCUT2D eigenvalue weighted by molar-refractivity contribution is 5.18. The molecule has 2 aliphatic rings. The van der Waals surface area contributed by atoms with Crippen molar-refractivity contribution in [2.45, 2.75) is 44.2 Å². The Labute approximate surface area is 156 Å². The second-order valence-corrected chi connectivity index (χ2v) is 7.68. The lowest BCUT2D eigenvalue weighted by Crippen LogP contribution is -2.59. The molecule has 1 aromatic rings. The quantitative estimate of drug-likeness (QED) is 0.798. The van der Waals surface area contributed by atoms with Gasteiger partial charge in [-0.1, -0.05) is 55.9 Å². The van der Waals surface area contributed by atoms with Crippen LogP contribution in [-0.2, 0) is 13.0 Å². The van der Waals surface area contributed by atoms with Gasteiger partial charge in [0.2, 0.25) is 0 Å². The maximum Gasteiger partial charge on any atom is 0.252 e. The summed E-state index contributed by atoms with van der Waals surface area (Å²) in [5, 5.41) is 0. The van der Waals surface area contributed by atoms with Crippen molar-refractivity contribution >= 4 is 0 Å². The van der Waals surface area contributed by atoms with E-state index in [-0.39, 0.29) is 11.1 Å². The van der Waals surface area contributed by atoms with Crippen LogP contribution in [0.25, 0.3) is 0 Å². The van der Waals surface area contributed by atoms with Crippen LogP contribution in [0.3, 0.4) is 0 Å². The van der Waals surface area contributed by atoms with E-state index in [1.54, 1.807) is 6.08 Å². The van der Waals surface area contributed by atoms with Gasteiger partial charge in [-0.25, -0.2) is 0 Å². The number of aromatic nitrogens is 1. The third-order valence-corrected chi connectivity index (χ3v) is 5.77. The Bertz CT molecular complexity index is 725. The molecule has 0 amide bonds. The molecule has 26 heavy (non-hydrogen) atoms. The topological polar surface area (TPSA) is 39.3 Å². The number of hydrogen-bond acceptors (Lipinski definition) is 3. The van der Waals surface area contributed by atoms with Gasteiger partial charge in [0.1, 0.15) is 0 Å². The van der Waals surface area contributed by atoms with Crippen LogP contribution in [0.4, 0.5) is 0 Å². The van der Waals surface area contributed by atoms with Gasteiger partial charge in [-0.15, -0.1) is 0 Å². The number of allylic oxidation sites excluding steroid dienone is 5. The van der Waals surface area contributed by atoms with E-state index in [2.05, 4.69) is 34.5 Å². The molecule has 1 N–H and O–H groups in total. The van der Waals surface area contributed by atoms with E-state index in [0.717, 1.165) is 43.9 Å². The first-order chi connectivity index (χ1) is 12.6. The monoisotopic (exact) mass is 353 g/mol. The van der Waals surface area contributed by atoms with Crippen molar-refractivity contribution in [3.05, 3.63) is 70.7 Å². The maximum atomic E-state index is 12.6. The van der Waals surface area contributed by atoms with Crippen molar-refractivity contribution in [1.29, 1.82) is 0 Å². The van der Waals surface area contributed by atoms with E-state index in [1.165, 1.54) is 25.7 Å². The fourth-order valence-corrected chi connectivity index (χ4v) is 4.37. The van der Waals surface area contributed by atoms with Gasteiger partial charge in [0.15, 0.2) is 0 Å². The number of pyridine rings is 1. The van der Waals surface area contributed by atoms with E-state index in [9.17, 15) is 4.79 Å². The molecule has 0 bridgehead atoms. The molecule has 1 aromatic heterocycles. The molecule has 1 aliphatic heterocycles. The molecule has 4 heteroatoms. The Hall–Kier alpha value is -1.91. The maximum absolute atomic E-state index is 12.6. The molecular formula is C22H31N3O. The Kier molecular flexibility index (Phi) is 6.28. The summed E-state index contributed by atoms with van der Waals surface area (Å²) in [6.45, 7) is 7.67. The lowest BCUT2D eigenvalue weighted by molar-refractivity contribution is 0.00437. The lowest BCUT2D eigenvalue weighted by atomic mass is 9.91. The molecule has 0 radical (unpaired) electrons. The molecule has 2 heterocycles. The average molecular weight is 354 g/mol. The molecule has 2 fully saturated rings. The first kappa shape index (κ1) is 18.9. The molecule has 0 atom stereocenters. The lowest BCUT2D eigenvalue weighted by Gasteiger charge is -2.48. The Morgan fingerprint density at radius 3 is 2.73 bits per heavy atom. The third kappa shape index (κ3) is 4.43. The molecule has 3 rings (SSSR count). The summed E-state index contributed by atoms with van der Waals surface area (Å²) in [5.41, 5.74) is 2.18. The summed E-state index contributed by atoms with van der Waals surface area (Å²) < 4.78 is 0. The highest BCUT2D eigenvalue weighted by atomic mass is 16.1. The number of nitrogens with one attached hydrogen (secondary N) is 1. The molecule has 140 valence electrons. The van der Waals surface area contributed by atoms with Gasteiger partial charge in [0.25, 0.3) is 5.56 Å². The first-order valence-corrected chi connectivity index (χ1v) is 9.72. The largest absolute Gasteiger partial charge is 0.326 e. The number of H-pyrrole nitrogens is 1. The number of piperazine rings is 1. The molecule has 4 nitrogen and oxygen atoms in total. The van der Waals surface area contributed by atoms with Gasteiger partial charge in [-0.2, -0.15) is 0 Å². The average Bonchev–Trinajstić information content (AvgIpc) is 3.08. The van der Waals surface area contributed by atoms with Crippen LogP contribution in [0, 0.1) is 0 Å². The molecule has 1 spiro atoms. The van der Waals surface area contributed by atoms with Crippen LogP contribution in [0.5, 0.6) is 0 Å². The smallest absolute Gasteiger partial charge is 0.252 e. The normalized spacial score (nSPS) is 21.3. The number of aromatic amines is 1. The van der Waals surface area contributed by atoms with Crippen molar-refractivity contribution < 1.29 is 0 Å². The zero-order valence-electron chi connectivity index (χ0n) is 15.9. The minimum Gasteiger partial charge on any atom is -0.326 e. The second-order valence-electron chi connectivity index (χ2n) is 7.68. The summed E-state index contributed by atoms with van der Waals surface area (Å²) in [6.07, 6.45) is 15.5. The number of likely N-dealkylation sites (N-methyl/N-ethyl adjacent to an activating group) is 1. The van der Waals surface area contributed by atoms with Crippen LogP contribution in [0.15, 0.2) is 53.9 Å². The summed E-state index contributed by atoms with van der Waals surface area (Å²) in [4.78, 5) is 20.6. The summed E-state index contributed by atoms with van der Waals surface area (Å²) in [7, 11) is 2.22. The molecule has 0 unspecified atom stereocenters. The van der Waals surface area contributed by atoms with Crippen LogP contribution in [0.2, 0.25) is 0 Å². The van der Waals surface area contributed by atoms with Gasteiger partial charge in [0.05, 0.1) is 0 Å². The van der Waals surface area contributed by atoms with Crippen LogP contribution >= 0.6 is 0 Å². The second kappa shape index (κ2) is 8.65. The minimum absolute atomic E-state index is 0.0598. The zero-order valence-corrected chi connectivity index (χ0v) is 15.9. The van der Waals surface area contributed by atoms with Crippen molar-refractivity contribution in [3.63, 3.8) is 0 Å². The van der Waals surface area contributed by atoms with Crippen LogP contribution in [0.1, 0.15) is 36.9 Å². The Morgan fingerprint density at radius 1 is 1.19 bits per heavy atom. The summed E-state index contributed by atoms with van der Waals surface area (Å²) >= 11 is 0.